The largest absolute Gasteiger partial charge is 0.480 e. The zero-order valence-corrected chi connectivity index (χ0v) is 17.9. The zero-order chi connectivity index (χ0) is 23.8. The van der Waals surface area contributed by atoms with E-state index in [0.29, 0.717) is 6.42 Å². The highest BCUT2D eigenvalue weighted by molar-refractivity contribution is 5.89. The standard InChI is InChI=1S/C24H25N3O6/c25-12-6-5-11-20(22(29)26-21(13-28)23(30)31)27-24(32)33-14-19-17-9-3-1-7-15(17)16-8-2-4-10-18(16)19/h1-4,7-10,19-21,28H,5-6,11,13-14H2,(H,26,29)(H,27,32)(H,30,31). The molecule has 2 aromatic carbocycles. The van der Waals surface area contributed by atoms with Gasteiger partial charge in [0.15, 0.2) is 0 Å². The normalized spacial score (nSPS) is 13.7. The minimum Gasteiger partial charge on any atom is -0.480 e. The molecule has 0 fully saturated rings. The fourth-order valence-corrected chi connectivity index (χ4v) is 3.89. The fourth-order valence-electron chi connectivity index (χ4n) is 3.89. The number of benzene rings is 2. The van der Waals surface area contributed by atoms with Crippen molar-refractivity contribution in [2.24, 2.45) is 0 Å². The van der Waals surface area contributed by atoms with Gasteiger partial charge in [-0.25, -0.2) is 9.59 Å². The summed E-state index contributed by atoms with van der Waals surface area (Å²) in [5, 5.41) is 31.6. The second kappa shape index (κ2) is 11.1. The average molecular weight is 451 g/mol. The van der Waals surface area contributed by atoms with Crippen molar-refractivity contribution < 1.29 is 29.3 Å². The number of carboxylic acid groups (broad SMARTS) is 1. The first kappa shape index (κ1) is 23.8. The number of fused-ring (bicyclic) bond motifs is 3. The smallest absolute Gasteiger partial charge is 0.407 e. The highest BCUT2D eigenvalue weighted by atomic mass is 16.5. The molecule has 0 saturated carbocycles. The summed E-state index contributed by atoms with van der Waals surface area (Å²) in [5.41, 5.74) is 4.25. The Hall–Kier alpha value is -3.90. The van der Waals surface area contributed by atoms with Crippen LogP contribution in [-0.4, -0.2) is 53.5 Å². The van der Waals surface area contributed by atoms with E-state index in [2.05, 4.69) is 10.6 Å². The first-order valence-electron chi connectivity index (χ1n) is 10.6. The predicted octanol–water partition coefficient (Wildman–Crippen LogP) is 2.15. The Kier molecular flexibility index (Phi) is 8.00. The van der Waals surface area contributed by atoms with Gasteiger partial charge < -0.3 is 25.6 Å². The van der Waals surface area contributed by atoms with E-state index >= 15 is 0 Å². The first-order valence-corrected chi connectivity index (χ1v) is 10.6. The van der Waals surface area contributed by atoms with Crippen molar-refractivity contribution in [1.29, 1.82) is 5.26 Å². The van der Waals surface area contributed by atoms with Crippen molar-refractivity contribution in [3.8, 4) is 17.2 Å². The lowest BCUT2D eigenvalue weighted by molar-refractivity contribution is -0.143. The number of nitrogens with zero attached hydrogens (tertiary/aromatic N) is 1. The van der Waals surface area contributed by atoms with Gasteiger partial charge in [0.1, 0.15) is 18.7 Å². The van der Waals surface area contributed by atoms with Gasteiger partial charge in [0.2, 0.25) is 5.91 Å². The third-order valence-corrected chi connectivity index (χ3v) is 5.53. The molecular formula is C24H25N3O6. The van der Waals surface area contributed by atoms with Crippen LogP contribution in [0.15, 0.2) is 48.5 Å². The molecule has 0 radical (unpaired) electrons. The molecule has 3 rings (SSSR count). The van der Waals surface area contributed by atoms with Gasteiger partial charge in [0.25, 0.3) is 0 Å². The molecule has 0 heterocycles. The SMILES string of the molecule is N#CCCCC(NC(=O)OCC1c2ccccc2-c2ccccc21)C(=O)NC(CO)C(=O)O. The molecule has 0 spiro atoms. The Balaban J connectivity index is 1.66. The van der Waals surface area contributed by atoms with Crippen molar-refractivity contribution in [2.45, 2.75) is 37.3 Å². The number of amides is 2. The van der Waals surface area contributed by atoms with Gasteiger partial charge >= 0.3 is 12.1 Å². The molecule has 0 bridgehead atoms. The van der Waals surface area contributed by atoms with Crippen LogP contribution >= 0.6 is 0 Å². The first-order chi connectivity index (χ1) is 16.0. The van der Waals surface area contributed by atoms with E-state index in [4.69, 9.17) is 20.2 Å². The highest BCUT2D eigenvalue weighted by Crippen LogP contribution is 2.44. The number of aliphatic hydroxyl groups excluding tert-OH is 1. The quantitative estimate of drug-likeness (QED) is 0.404. The summed E-state index contributed by atoms with van der Waals surface area (Å²) < 4.78 is 5.44. The van der Waals surface area contributed by atoms with Gasteiger partial charge in [-0.15, -0.1) is 0 Å². The minimum atomic E-state index is -1.50. The number of hydrogen-bond donors (Lipinski definition) is 4. The molecule has 0 aliphatic heterocycles. The molecule has 9 nitrogen and oxygen atoms in total. The van der Waals surface area contributed by atoms with Crippen molar-refractivity contribution in [2.75, 3.05) is 13.2 Å². The maximum atomic E-state index is 12.5. The van der Waals surface area contributed by atoms with Gasteiger partial charge in [0.05, 0.1) is 12.7 Å². The molecule has 2 atom stereocenters. The molecule has 1 aliphatic carbocycles. The molecule has 0 saturated heterocycles. The van der Waals surface area contributed by atoms with Crippen LogP contribution in [0.1, 0.15) is 36.3 Å². The molecule has 2 amide bonds. The van der Waals surface area contributed by atoms with Gasteiger partial charge in [0, 0.05) is 12.3 Å². The second-order valence-corrected chi connectivity index (χ2v) is 7.65. The number of rotatable bonds is 10. The molecular weight excluding hydrogens is 426 g/mol. The van der Waals surface area contributed by atoms with E-state index in [1.807, 2.05) is 54.6 Å². The molecule has 9 heteroatoms. The third kappa shape index (κ3) is 5.67. The van der Waals surface area contributed by atoms with Gasteiger partial charge in [-0.2, -0.15) is 5.26 Å². The second-order valence-electron chi connectivity index (χ2n) is 7.65. The number of carbonyl (C=O) groups is 3. The summed E-state index contributed by atoms with van der Waals surface area (Å²) in [7, 11) is 0. The monoisotopic (exact) mass is 451 g/mol. The summed E-state index contributed by atoms with van der Waals surface area (Å²) in [5.74, 6) is -2.33. The van der Waals surface area contributed by atoms with Crippen LogP contribution in [0.4, 0.5) is 4.79 Å². The van der Waals surface area contributed by atoms with Crippen LogP contribution < -0.4 is 10.6 Å². The van der Waals surface area contributed by atoms with E-state index in [1.54, 1.807) is 0 Å². The Labute approximate surface area is 191 Å². The molecule has 172 valence electrons. The van der Waals surface area contributed by atoms with E-state index in [0.717, 1.165) is 22.3 Å². The van der Waals surface area contributed by atoms with Gasteiger partial charge in [-0.3, -0.25) is 4.79 Å². The summed E-state index contributed by atoms with van der Waals surface area (Å²) in [6, 6.07) is 15.1. The van der Waals surface area contributed by atoms with Crippen LogP contribution in [0.25, 0.3) is 11.1 Å². The number of aliphatic carboxylic acids is 1. The fraction of sp³-hybridized carbons (Fsp3) is 0.333. The average Bonchev–Trinajstić information content (AvgIpc) is 3.14. The Morgan fingerprint density at radius 3 is 2.15 bits per heavy atom. The molecule has 2 unspecified atom stereocenters. The van der Waals surface area contributed by atoms with Crippen molar-refractivity contribution in [1.82, 2.24) is 10.6 Å². The van der Waals surface area contributed by atoms with Crippen molar-refractivity contribution >= 4 is 18.0 Å². The number of hydrogen-bond acceptors (Lipinski definition) is 6. The number of alkyl carbamates (subject to hydrolysis) is 1. The third-order valence-electron chi connectivity index (χ3n) is 5.53. The Morgan fingerprint density at radius 2 is 1.61 bits per heavy atom. The number of ether oxygens (including phenoxy) is 1. The lowest BCUT2D eigenvalue weighted by atomic mass is 9.98. The van der Waals surface area contributed by atoms with Crippen LogP contribution in [-0.2, 0) is 14.3 Å². The lowest BCUT2D eigenvalue weighted by Crippen LogP contribution is -2.52. The molecule has 33 heavy (non-hydrogen) atoms. The summed E-state index contributed by atoms with van der Waals surface area (Å²) >= 11 is 0. The lowest BCUT2D eigenvalue weighted by Gasteiger charge is -2.21. The van der Waals surface area contributed by atoms with Crippen LogP contribution in [0, 0.1) is 11.3 Å². The van der Waals surface area contributed by atoms with E-state index < -0.39 is 36.7 Å². The van der Waals surface area contributed by atoms with E-state index in [9.17, 15) is 14.4 Å². The van der Waals surface area contributed by atoms with Crippen LogP contribution in [0.2, 0.25) is 0 Å². The number of carbonyl (C=O) groups excluding carboxylic acids is 2. The summed E-state index contributed by atoms with van der Waals surface area (Å²) in [6.45, 7) is -0.738. The number of aliphatic hydroxyl groups is 1. The predicted molar refractivity (Wildman–Crippen MR) is 118 cm³/mol. The minimum absolute atomic E-state index is 0.0563. The Bertz CT molecular complexity index is 1020. The number of nitriles is 1. The zero-order valence-electron chi connectivity index (χ0n) is 17.9. The highest BCUT2D eigenvalue weighted by Gasteiger charge is 2.30. The maximum absolute atomic E-state index is 12.5. The molecule has 2 aromatic rings. The molecule has 0 aromatic heterocycles. The van der Waals surface area contributed by atoms with Gasteiger partial charge in [-0.1, -0.05) is 48.5 Å². The number of carboxylic acids is 1. The van der Waals surface area contributed by atoms with Gasteiger partial charge in [-0.05, 0) is 35.1 Å². The maximum Gasteiger partial charge on any atom is 0.407 e. The van der Waals surface area contributed by atoms with Crippen LogP contribution in [0.3, 0.4) is 0 Å². The molecule has 4 N–H and O–H groups in total. The topological polar surface area (TPSA) is 149 Å². The van der Waals surface area contributed by atoms with Crippen LogP contribution in [0.5, 0.6) is 0 Å². The number of nitrogens with one attached hydrogen (secondary N) is 2. The summed E-state index contributed by atoms with van der Waals surface area (Å²) in [6.07, 6.45) is -0.237. The molecule has 1 aliphatic rings. The van der Waals surface area contributed by atoms with Crippen molar-refractivity contribution in [3.63, 3.8) is 0 Å². The Morgan fingerprint density at radius 1 is 1.00 bits per heavy atom. The van der Waals surface area contributed by atoms with E-state index in [-0.39, 0.29) is 25.4 Å². The number of unbranched alkanes of at least 4 members (excludes halogenated alkanes) is 1. The van der Waals surface area contributed by atoms with E-state index in [1.165, 1.54) is 0 Å². The summed E-state index contributed by atoms with van der Waals surface area (Å²) in [4.78, 5) is 36.1. The van der Waals surface area contributed by atoms with Crippen molar-refractivity contribution in [3.05, 3.63) is 59.7 Å².